The Balaban J connectivity index is 2.32. The van der Waals surface area contributed by atoms with Crippen LogP contribution >= 0.6 is 0 Å². The van der Waals surface area contributed by atoms with Crippen molar-refractivity contribution in [3.05, 3.63) is 41.8 Å². The van der Waals surface area contributed by atoms with Gasteiger partial charge in [-0.05, 0) is 25.2 Å². The van der Waals surface area contributed by atoms with E-state index in [2.05, 4.69) is 16.4 Å². The Morgan fingerprint density at radius 3 is 3.12 bits per heavy atom. The van der Waals surface area contributed by atoms with Crippen molar-refractivity contribution in [3.63, 3.8) is 0 Å². The number of aromatic nitrogens is 1. The van der Waals surface area contributed by atoms with Crippen LogP contribution < -0.4 is 5.32 Å². The molecule has 0 aliphatic carbocycles. The Morgan fingerprint density at radius 1 is 1.50 bits per heavy atom. The number of nitrogens with one attached hydrogen (secondary N) is 1. The summed E-state index contributed by atoms with van der Waals surface area (Å²) in [6.45, 7) is 0.668. The van der Waals surface area contributed by atoms with Crippen LogP contribution in [-0.4, -0.2) is 12.0 Å². The molecule has 1 aromatic heterocycles. The molecule has 0 saturated heterocycles. The maximum absolute atomic E-state index is 8.79. The van der Waals surface area contributed by atoms with Gasteiger partial charge in [-0.25, -0.2) is 4.98 Å². The molecule has 4 nitrogen and oxygen atoms in total. The fourth-order valence-electron chi connectivity index (χ4n) is 1.42. The summed E-state index contributed by atoms with van der Waals surface area (Å²) >= 11 is 0. The normalized spacial score (nSPS) is 10.0. The second-order valence-electron chi connectivity index (χ2n) is 3.37. The molecule has 1 heterocycles. The van der Waals surface area contributed by atoms with Crippen LogP contribution in [-0.2, 0) is 6.54 Å². The first-order valence-corrected chi connectivity index (χ1v) is 4.93. The smallest absolute Gasteiger partial charge is 0.226 e. The third-order valence-electron chi connectivity index (χ3n) is 2.15. The van der Waals surface area contributed by atoms with E-state index in [1.54, 1.807) is 18.4 Å². The molecule has 0 radical (unpaired) electrons. The summed E-state index contributed by atoms with van der Waals surface area (Å²) in [6, 6.07) is 9.28. The molecule has 0 aliphatic rings. The largest absolute Gasteiger partial charge is 0.444 e. The van der Waals surface area contributed by atoms with Crippen LogP contribution in [0.2, 0.25) is 0 Å². The molecular formula is C12H11N3O. The third-order valence-corrected chi connectivity index (χ3v) is 2.15. The van der Waals surface area contributed by atoms with E-state index in [4.69, 9.17) is 9.68 Å². The summed E-state index contributed by atoms with van der Waals surface area (Å²) in [5, 5.41) is 11.8. The zero-order valence-electron chi connectivity index (χ0n) is 8.90. The highest BCUT2D eigenvalue weighted by Gasteiger charge is 2.06. The van der Waals surface area contributed by atoms with Crippen LogP contribution in [0.5, 0.6) is 0 Å². The summed E-state index contributed by atoms with van der Waals surface area (Å²) in [5.74, 6) is 0.544. The van der Waals surface area contributed by atoms with Crippen molar-refractivity contribution in [2.75, 3.05) is 7.05 Å². The Morgan fingerprint density at radius 2 is 2.38 bits per heavy atom. The minimum absolute atomic E-state index is 0.544. The van der Waals surface area contributed by atoms with Gasteiger partial charge in [-0.2, -0.15) is 5.26 Å². The summed E-state index contributed by atoms with van der Waals surface area (Å²) in [6.07, 6.45) is 1.62. The zero-order chi connectivity index (χ0) is 11.4. The van der Waals surface area contributed by atoms with Crippen LogP contribution in [0, 0.1) is 11.3 Å². The van der Waals surface area contributed by atoms with Crippen molar-refractivity contribution < 1.29 is 4.42 Å². The number of nitrogens with zero attached hydrogens (tertiary/aromatic N) is 2. The topological polar surface area (TPSA) is 61.9 Å². The molecule has 0 saturated carbocycles. The quantitative estimate of drug-likeness (QED) is 0.846. The van der Waals surface area contributed by atoms with Crippen LogP contribution in [0.1, 0.15) is 11.3 Å². The lowest BCUT2D eigenvalue weighted by atomic mass is 10.1. The van der Waals surface area contributed by atoms with E-state index in [-0.39, 0.29) is 0 Å². The molecule has 2 aromatic rings. The Labute approximate surface area is 93.5 Å². The van der Waals surface area contributed by atoms with Gasteiger partial charge in [-0.1, -0.05) is 6.07 Å². The highest BCUT2D eigenvalue weighted by Crippen LogP contribution is 2.19. The lowest BCUT2D eigenvalue weighted by molar-refractivity contribution is 0.571. The molecule has 1 aromatic carbocycles. The van der Waals surface area contributed by atoms with Gasteiger partial charge in [-0.15, -0.1) is 0 Å². The first-order valence-electron chi connectivity index (χ1n) is 4.93. The molecule has 0 fully saturated rings. The van der Waals surface area contributed by atoms with E-state index in [0.29, 0.717) is 18.0 Å². The molecule has 0 aliphatic heterocycles. The first kappa shape index (κ1) is 10.4. The standard InChI is InChI=1S/C12H11N3O/c1-14-7-11-8-16-12(15-11)10-4-2-3-9(5-10)6-13/h2-5,8,14H,7H2,1H3. The molecule has 80 valence electrons. The van der Waals surface area contributed by atoms with Gasteiger partial charge >= 0.3 is 0 Å². The minimum Gasteiger partial charge on any atom is -0.444 e. The van der Waals surface area contributed by atoms with E-state index in [1.807, 2.05) is 19.2 Å². The molecule has 2 rings (SSSR count). The van der Waals surface area contributed by atoms with E-state index >= 15 is 0 Å². The van der Waals surface area contributed by atoms with Gasteiger partial charge in [0.15, 0.2) is 0 Å². The fourth-order valence-corrected chi connectivity index (χ4v) is 1.42. The summed E-state index contributed by atoms with van der Waals surface area (Å²) in [4.78, 5) is 4.31. The van der Waals surface area contributed by atoms with Crippen molar-refractivity contribution in [2.24, 2.45) is 0 Å². The maximum Gasteiger partial charge on any atom is 0.226 e. The van der Waals surface area contributed by atoms with E-state index in [1.165, 1.54) is 0 Å². The van der Waals surface area contributed by atoms with Gasteiger partial charge in [0, 0.05) is 12.1 Å². The van der Waals surface area contributed by atoms with Gasteiger partial charge in [0.25, 0.3) is 0 Å². The SMILES string of the molecule is CNCc1coc(-c2cccc(C#N)c2)n1. The van der Waals surface area contributed by atoms with Crippen molar-refractivity contribution in [1.29, 1.82) is 5.26 Å². The van der Waals surface area contributed by atoms with Gasteiger partial charge in [0.05, 0.1) is 17.3 Å². The first-order chi connectivity index (χ1) is 7.83. The fraction of sp³-hybridized carbons (Fsp3) is 0.167. The highest BCUT2D eigenvalue weighted by molar-refractivity contribution is 5.56. The van der Waals surface area contributed by atoms with Gasteiger partial charge in [-0.3, -0.25) is 0 Å². The number of hydrogen-bond acceptors (Lipinski definition) is 4. The summed E-state index contributed by atoms with van der Waals surface area (Å²) < 4.78 is 5.34. The van der Waals surface area contributed by atoms with Crippen LogP contribution in [0.4, 0.5) is 0 Å². The molecular weight excluding hydrogens is 202 g/mol. The summed E-state index contributed by atoms with van der Waals surface area (Å²) in [5.41, 5.74) is 2.27. The van der Waals surface area contributed by atoms with Gasteiger partial charge in [0.1, 0.15) is 6.26 Å². The second kappa shape index (κ2) is 4.60. The number of oxazole rings is 1. The van der Waals surface area contributed by atoms with E-state index < -0.39 is 0 Å². The molecule has 0 atom stereocenters. The van der Waals surface area contributed by atoms with Crippen molar-refractivity contribution in [2.45, 2.75) is 6.54 Å². The lowest BCUT2D eigenvalue weighted by Crippen LogP contribution is -2.04. The van der Waals surface area contributed by atoms with Crippen molar-refractivity contribution in [3.8, 4) is 17.5 Å². The number of benzene rings is 1. The van der Waals surface area contributed by atoms with Gasteiger partial charge < -0.3 is 9.73 Å². The lowest BCUT2D eigenvalue weighted by Gasteiger charge is -1.95. The second-order valence-corrected chi connectivity index (χ2v) is 3.37. The predicted molar refractivity (Wildman–Crippen MR) is 59.4 cm³/mol. The van der Waals surface area contributed by atoms with Gasteiger partial charge in [0.2, 0.25) is 5.89 Å². The highest BCUT2D eigenvalue weighted by atomic mass is 16.3. The molecule has 0 unspecified atom stereocenters. The molecule has 0 spiro atoms. The average Bonchev–Trinajstić information content (AvgIpc) is 2.78. The minimum atomic E-state index is 0.544. The molecule has 4 heteroatoms. The Hall–Kier alpha value is -2.12. The Bertz CT molecular complexity index is 525. The molecule has 16 heavy (non-hydrogen) atoms. The monoisotopic (exact) mass is 213 g/mol. The molecule has 0 amide bonds. The number of rotatable bonds is 3. The maximum atomic E-state index is 8.79. The van der Waals surface area contributed by atoms with Crippen LogP contribution in [0.3, 0.4) is 0 Å². The predicted octanol–water partition coefficient (Wildman–Crippen LogP) is 1.93. The number of nitriles is 1. The molecule has 1 N–H and O–H groups in total. The molecule has 0 bridgehead atoms. The van der Waals surface area contributed by atoms with E-state index in [0.717, 1.165) is 11.3 Å². The van der Waals surface area contributed by atoms with Crippen molar-refractivity contribution >= 4 is 0 Å². The van der Waals surface area contributed by atoms with Crippen molar-refractivity contribution in [1.82, 2.24) is 10.3 Å². The third kappa shape index (κ3) is 2.10. The average molecular weight is 213 g/mol. The summed E-state index contributed by atoms with van der Waals surface area (Å²) in [7, 11) is 1.85. The zero-order valence-corrected chi connectivity index (χ0v) is 8.90. The Kier molecular flexibility index (Phi) is 2.99. The van der Waals surface area contributed by atoms with E-state index in [9.17, 15) is 0 Å². The van der Waals surface area contributed by atoms with Crippen LogP contribution in [0.25, 0.3) is 11.5 Å². The number of hydrogen-bond donors (Lipinski definition) is 1. The van der Waals surface area contributed by atoms with Crippen LogP contribution in [0.15, 0.2) is 34.9 Å².